The monoisotopic (exact) mass is 258 g/mol. The lowest BCUT2D eigenvalue weighted by molar-refractivity contribution is -0.117. The number of hydrogen-bond acceptors (Lipinski definition) is 2. The van der Waals surface area contributed by atoms with Gasteiger partial charge in [0.2, 0.25) is 0 Å². The molecule has 0 saturated heterocycles. The van der Waals surface area contributed by atoms with Gasteiger partial charge in [-0.2, -0.15) is 0 Å². The Hall–Kier alpha value is -2.00. The van der Waals surface area contributed by atoms with E-state index in [0.29, 0.717) is 5.02 Å². The SMILES string of the molecule is O=C1Nc2ccc(Cl)cc2N[C@H]1c1ccccc1. The first-order valence-electron chi connectivity index (χ1n) is 5.66. The topological polar surface area (TPSA) is 41.1 Å². The molecule has 0 fully saturated rings. The minimum absolute atomic E-state index is 0.0592. The number of carbonyl (C=O) groups is 1. The van der Waals surface area contributed by atoms with E-state index in [4.69, 9.17) is 11.6 Å². The number of carbonyl (C=O) groups excluding carboxylic acids is 1. The molecule has 90 valence electrons. The Labute approximate surface area is 110 Å². The molecule has 0 unspecified atom stereocenters. The van der Waals surface area contributed by atoms with Crippen molar-refractivity contribution < 1.29 is 4.79 Å². The lowest BCUT2D eigenvalue weighted by Gasteiger charge is -2.27. The van der Waals surface area contributed by atoms with Gasteiger partial charge in [-0.25, -0.2) is 0 Å². The number of amides is 1. The van der Waals surface area contributed by atoms with Crippen molar-refractivity contribution >= 4 is 28.9 Å². The Balaban J connectivity index is 1.99. The summed E-state index contributed by atoms with van der Waals surface area (Å²) >= 11 is 5.95. The van der Waals surface area contributed by atoms with E-state index in [1.807, 2.05) is 36.4 Å². The highest BCUT2D eigenvalue weighted by molar-refractivity contribution is 6.31. The third kappa shape index (κ3) is 1.93. The Bertz CT molecular complexity index is 598. The largest absolute Gasteiger partial charge is 0.368 e. The number of benzene rings is 2. The van der Waals surface area contributed by atoms with Gasteiger partial charge >= 0.3 is 0 Å². The van der Waals surface area contributed by atoms with Crippen LogP contribution in [0, 0.1) is 0 Å². The third-order valence-electron chi connectivity index (χ3n) is 2.93. The van der Waals surface area contributed by atoms with E-state index in [-0.39, 0.29) is 11.9 Å². The number of halogens is 1. The maximum Gasteiger partial charge on any atom is 0.251 e. The Morgan fingerprint density at radius 3 is 2.56 bits per heavy atom. The fourth-order valence-corrected chi connectivity index (χ4v) is 2.22. The molecule has 0 saturated carbocycles. The highest BCUT2D eigenvalue weighted by atomic mass is 35.5. The fraction of sp³-hybridized carbons (Fsp3) is 0.0714. The van der Waals surface area contributed by atoms with E-state index < -0.39 is 0 Å². The highest BCUT2D eigenvalue weighted by Gasteiger charge is 2.26. The molecular weight excluding hydrogens is 248 g/mol. The van der Waals surface area contributed by atoms with Crippen LogP contribution in [0.4, 0.5) is 11.4 Å². The average Bonchev–Trinajstić information content (AvgIpc) is 2.39. The molecular formula is C14H11ClN2O. The predicted octanol–water partition coefficient (Wildman–Crippen LogP) is 3.45. The number of rotatable bonds is 1. The van der Waals surface area contributed by atoms with Gasteiger partial charge in [0.25, 0.3) is 5.91 Å². The number of anilines is 2. The zero-order valence-corrected chi connectivity index (χ0v) is 10.2. The van der Waals surface area contributed by atoms with Crippen molar-refractivity contribution in [3.63, 3.8) is 0 Å². The molecule has 3 rings (SSSR count). The van der Waals surface area contributed by atoms with Crippen LogP contribution >= 0.6 is 11.6 Å². The minimum Gasteiger partial charge on any atom is -0.368 e. The van der Waals surface area contributed by atoms with Crippen LogP contribution in [0.1, 0.15) is 11.6 Å². The van der Waals surface area contributed by atoms with E-state index in [0.717, 1.165) is 16.9 Å². The fourth-order valence-electron chi connectivity index (χ4n) is 2.05. The van der Waals surface area contributed by atoms with Gasteiger partial charge in [0.1, 0.15) is 6.04 Å². The van der Waals surface area contributed by atoms with Crippen molar-refractivity contribution in [3.8, 4) is 0 Å². The second-order valence-electron chi connectivity index (χ2n) is 4.17. The predicted molar refractivity (Wildman–Crippen MR) is 72.9 cm³/mol. The van der Waals surface area contributed by atoms with Gasteiger partial charge in [0.15, 0.2) is 0 Å². The van der Waals surface area contributed by atoms with E-state index in [9.17, 15) is 4.79 Å². The summed E-state index contributed by atoms with van der Waals surface area (Å²) in [5, 5.41) is 6.73. The molecule has 1 atom stereocenters. The van der Waals surface area contributed by atoms with E-state index >= 15 is 0 Å². The van der Waals surface area contributed by atoms with Crippen LogP contribution < -0.4 is 10.6 Å². The van der Waals surface area contributed by atoms with Gasteiger partial charge in [-0.15, -0.1) is 0 Å². The van der Waals surface area contributed by atoms with Crippen molar-refractivity contribution in [1.82, 2.24) is 0 Å². The first-order chi connectivity index (χ1) is 8.74. The molecule has 1 heterocycles. The van der Waals surface area contributed by atoms with Crippen molar-refractivity contribution in [2.75, 3.05) is 10.6 Å². The third-order valence-corrected chi connectivity index (χ3v) is 3.17. The van der Waals surface area contributed by atoms with E-state index in [1.54, 1.807) is 12.1 Å². The number of hydrogen-bond donors (Lipinski definition) is 2. The molecule has 2 aromatic rings. The minimum atomic E-state index is -0.378. The number of fused-ring (bicyclic) bond motifs is 1. The quantitative estimate of drug-likeness (QED) is 0.823. The molecule has 4 heteroatoms. The van der Waals surface area contributed by atoms with Gasteiger partial charge < -0.3 is 10.6 Å². The van der Waals surface area contributed by atoms with Crippen molar-refractivity contribution in [3.05, 3.63) is 59.1 Å². The van der Waals surface area contributed by atoms with Gasteiger partial charge in [-0.1, -0.05) is 41.9 Å². The molecule has 2 aromatic carbocycles. The highest BCUT2D eigenvalue weighted by Crippen LogP contribution is 2.34. The molecule has 0 spiro atoms. The van der Waals surface area contributed by atoms with Gasteiger partial charge in [0.05, 0.1) is 11.4 Å². The summed E-state index contributed by atoms with van der Waals surface area (Å²) in [6.07, 6.45) is 0. The summed E-state index contributed by atoms with van der Waals surface area (Å²) in [7, 11) is 0. The molecule has 0 radical (unpaired) electrons. The smallest absolute Gasteiger partial charge is 0.251 e. The molecule has 0 bridgehead atoms. The summed E-state index contributed by atoms with van der Waals surface area (Å²) in [5.74, 6) is -0.0592. The Morgan fingerprint density at radius 1 is 1.00 bits per heavy atom. The van der Waals surface area contributed by atoms with E-state index in [2.05, 4.69) is 10.6 Å². The molecule has 18 heavy (non-hydrogen) atoms. The summed E-state index contributed by atoms with van der Waals surface area (Å²) in [6, 6.07) is 14.6. The van der Waals surface area contributed by atoms with Crippen LogP contribution in [0.15, 0.2) is 48.5 Å². The zero-order valence-electron chi connectivity index (χ0n) is 9.48. The van der Waals surface area contributed by atoms with Crippen LogP contribution in [0.25, 0.3) is 0 Å². The molecule has 1 aliphatic heterocycles. The molecule has 0 aromatic heterocycles. The summed E-state index contributed by atoms with van der Waals surface area (Å²) in [4.78, 5) is 12.0. The lowest BCUT2D eigenvalue weighted by Crippen LogP contribution is -2.31. The lowest BCUT2D eigenvalue weighted by atomic mass is 10.0. The molecule has 2 N–H and O–H groups in total. The average molecular weight is 259 g/mol. The molecule has 0 aliphatic carbocycles. The second-order valence-corrected chi connectivity index (χ2v) is 4.60. The normalized spacial score (nSPS) is 17.6. The Morgan fingerprint density at radius 2 is 1.78 bits per heavy atom. The maximum absolute atomic E-state index is 12.0. The first-order valence-corrected chi connectivity index (χ1v) is 6.04. The van der Waals surface area contributed by atoms with Crippen LogP contribution in [-0.4, -0.2) is 5.91 Å². The summed E-state index contributed by atoms with van der Waals surface area (Å²) in [6.45, 7) is 0. The molecule has 3 nitrogen and oxygen atoms in total. The van der Waals surface area contributed by atoms with Gasteiger partial charge in [0, 0.05) is 5.02 Å². The summed E-state index contributed by atoms with van der Waals surface area (Å²) < 4.78 is 0. The maximum atomic E-state index is 12.0. The van der Waals surface area contributed by atoms with Gasteiger partial charge in [-0.3, -0.25) is 4.79 Å². The van der Waals surface area contributed by atoms with Crippen LogP contribution in [0.5, 0.6) is 0 Å². The van der Waals surface area contributed by atoms with Crippen LogP contribution in [0.3, 0.4) is 0 Å². The van der Waals surface area contributed by atoms with Crippen molar-refractivity contribution in [2.24, 2.45) is 0 Å². The van der Waals surface area contributed by atoms with Gasteiger partial charge in [-0.05, 0) is 23.8 Å². The van der Waals surface area contributed by atoms with Crippen LogP contribution in [0.2, 0.25) is 5.02 Å². The van der Waals surface area contributed by atoms with E-state index in [1.165, 1.54) is 0 Å². The van der Waals surface area contributed by atoms with Crippen molar-refractivity contribution in [2.45, 2.75) is 6.04 Å². The first kappa shape index (κ1) is 11.1. The van der Waals surface area contributed by atoms with Crippen molar-refractivity contribution in [1.29, 1.82) is 0 Å². The Kier molecular flexibility index (Phi) is 2.68. The van der Waals surface area contributed by atoms with Crippen LogP contribution in [-0.2, 0) is 4.79 Å². The summed E-state index contributed by atoms with van der Waals surface area (Å²) in [5.41, 5.74) is 2.54. The standard InChI is InChI=1S/C14H11ClN2O/c15-10-6-7-11-12(8-10)16-13(14(18)17-11)9-4-2-1-3-5-9/h1-8,13,16H,(H,17,18)/t13-/m0/s1. The molecule has 1 aliphatic rings. The molecule has 1 amide bonds. The zero-order chi connectivity index (χ0) is 12.5. The number of nitrogens with one attached hydrogen (secondary N) is 2. The second kappa shape index (κ2) is 4.35.